The molecule has 4 nitrogen and oxygen atoms in total. The molecule has 0 fully saturated rings. The van der Waals surface area contributed by atoms with Crippen molar-refractivity contribution in [3.63, 3.8) is 0 Å². The molecule has 0 spiro atoms. The first-order valence-electron chi connectivity index (χ1n) is 27.3. The molecule has 0 aliphatic carbocycles. The van der Waals surface area contributed by atoms with Crippen molar-refractivity contribution < 1.29 is 34.4 Å². The number of para-hydroxylation sites is 1. The van der Waals surface area contributed by atoms with Crippen LogP contribution in [0.15, 0.2) is 174 Å². The van der Waals surface area contributed by atoms with Gasteiger partial charge < -0.3 is 8.98 Å². The number of halogens is 1. The number of rotatable bonds is 8. The van der Waals surface area contributed by atoms with Crippen LogP contribution < -0.4 is 4.40 Å². The van der Waals surface area contributed by atoms with Gasteiger partial charge in [-0.1, -0.05) is 78.4 Å². The van der Waals surface area contributed by atoms with Crippen LogP contribution in [-0.2, 0) is 20.1 Å². The maximum atomic E-state index is 15.5. The number of pyridine rings is 1. The fraction of sp³-hybridized carbons (Fsp3) is 0.176. The van der Waals surface area contributed by atoms with Crippen molar-refractivity contribution in [1.82, 2.24) is 14.5 Å². The Hall–Kier alpha value is -6.96. The van der Waals surface area contributed by atoms with Gasteiger partial charge in [0.1, 0.15) is 5.58 Å². The quantitative estimate of drug-likeness (QED) is 0.0865. The molecule has 3 aromatic heterocycles. The number of fused-ring (bicyclic) bond motifs is 7. The summed E-state index contributed by atoms with van der Waals surface area (Å²) in [4.78, 5) is 10.0. The van der Waals surface area contributed by atoms with Crippen LogP contribution in [-0.4, -0.2) is 27.8 Å². The predicted octanol–water partition coefficient (Wildman–Crippen LogP) is 18.0. The maximum absolute atomic E-state index is 15.5. The molecular formula is C68H60FGeIrN3O-2. The first-order valence-corrected chi connectivity index (χ1v) is 32.7. The fourth-order valence-electron chi connectivity index (χ4n) is 10.8. The van der Waals surface area contributed by atoms with Gasteiger partial charge in [-0.15, -0.1) is 12.1 Å². The molecule has 0 aliphatic heterocycles. The molecule has 3 heterocycles. The Morgan fingerprint density at radius 3 is 2.01 bits per heavy atom. The van der Waals surface area contributed by atoms with E-state index in [0.717, 1.165) is 66.6 Å². The van der Waals surface area contributed by atoms with Crippen LogP contribution in [0.4, 0.5) is 4.39 Å². The third kappa shape index (κ3) is 9.47. The van der Waals surface area contributed by atoms with E-state index in [1.807, 2.05) is 67.7 Å². The molecule has 75 heavy (non-hydrogen) atoms. The molecule has 1 radical (unpaired) electrons. The van der Waals surface area contributed by atoms with Crippen molar-refractivity contribution in [2.45, 2.75) is 77.5 Å². The van der Waals surface area contributed by atoms with E-state index in [2.05, 4.69) is 154 Å². The molecule has 0 saturated carbocycles. The van der Waals surface area contributed by atoms with Gasteiger partial charge in [-0.25, -0.2) is 0 Å². The van der Waals surface area contributed by atoms with E-state index in [-0.39, 0.29) is 37.4 Å². The number of hydrogen-bond donors (Lipinski definition) is 0. The summed E-state index contributed by atoms with van der Waals surface area (Å²) in [6, 6.07) is 60.4. The summed E-state index contributed by atoms with van der Waals surface area (Å²) in [6.07, 6.45) is 1.95. The topological polar surface area (TPSA) is 43.9 Å². The number of nitrogens with zero attached hydrogens (tertiary/aromatic N) is 3. The minimum Gasteiger partial charge on any atom is 0 e. The van der Waals surface area contributed by atoms with Crippen LogP contribution >= 0.6 is 0 Å². The zero-order valence-corrected chi connectivity index (χ0v) is 48.2. The number of benzene rings is 9. The molecular weight excluding hydrogens is 1160 g/mol. The van der Waals surface area contributed by atoms with Crippen LogP contribution in [0.2, 0.25) is 17.3 Å². The van der Waals surface area contributed by atoms with Gasteiger partial charge in [-0.3, -0.25) is 9.37 Å². The molecule has 0 aliphatic rings. The molecule has 0 bridgehead atoms. The summed E-state index contributed by atoms with van der Waals surface area (Å²) < 4.78 is 57.5. The fourth-order valence-corrected chi connectivity index (χ4v) is 14.0. The van der Waals surface area contributed by atoms with Gasteiger partial charge in [-0.05, 0) is 118 Å². The van der Waals surface area contributed by atoms with E-state index < -0.39 is 26.0 Å². The molecule has 2 atom stereocenters. The van der Waals surface area contributed by atoms with E-state index in [1.165, 1.54) is 49.4 Å². The second-order valence-corrected chi connectivity index (χ2v) is 31.3. The van der Waals surface area contributed by atoms with Crippen LogP contribution in [0.3, 0.4) is 0 Å². The number of aryl methyl sites for hydroxylation is 5. The van der Waals surface area contributed by atoms with E-state index >= 15 is 4.39 Å². The summed E-state index contributed by atoms with van der Waals surface area (Å²) in [5.74, 6) is 6.42. The number of hydrogen-bond acceptors (Lipinski definition) is 3. The predicted molar refractivity (Wildman–Crippen MR) is 311 cm³/mol. The van der Waals surface area contributed by atoms with Crippen molar-refractivity contribution in [2.75, 3.05) is 0 Å². The maximum Gasteiger partial charge on any atom is 0 e. The first-order chi connectivity index (χ1) is 37.2. The molecule has 375 valence electrons. The molecule has 0 amide bonds. The van der Waals surface area contributed by atoms with Crippen LogP contribution in [0.25, 0.3) is 94.0 Å². The first kappa shape index (κ1) is 46.6. The average Bonchev–Trinajstić information content (AvgIpc) is 4.24. The van der Waals surface area contributed by atoms with Crippen LogP contribution in [0.5, 0.6) is 0 Å². The smallest absolute Gasteiger partial charge is 0 e. The zero-order valence-electron chi connectivity index (χ0n) is 47.7. The summed E-state index contributed by atoms with van der Waals surface area (Å²) in [7, 11) is 0. The standard InChI is InChI=1S/C43H30FN2O.C25H30GeN.Ir/c1-24-20-29(28-12-6-5-7-13-28)21-25(2)41(24)46-38-23-34-27(4)26(3)30-14-8-9-15-31(30)35(34)22-37(38)45-43(46)33-18-19-36(44)40-32-16-10-11-17-39(32)47-42(33)40;1-18-12-14-22(15-13-18)25-16-23(24(17-27-25)26(4,5)6)20(3)19(2)21-10-8-7-9-11-21;/h5-17,19-23H,1-4H3;7-14,16-17,19-20H,1-6H3;/q2*-1;/i;1D3,20D;. The molecule has 9 aromatic carbocycles. The summed E-state index contributed by atoms with van der Waals surface area (Å²) >= 11 is -2.31. The van der Waals surface area contributed by atoms with Crippen molar-refractivity contribution in [3.05, 3.63) is 227 Å². The molecule has 0 saturated heterocycles. The van der Waals surface area contributed by atoms with Gasteiger partial charge in [0.2, 0.25) is 0 Å². The number of furan rings is 1. The second kappa shape index (κ2) is 20.6. The Morgan fingerprint density at radius 2 is 1.33 bits per heavy atom. The summed E-state index contributed by atoms with van der Waals surface area (Å²) in [5.41, 5.74) is 15.5. The SMILES string of the molecule is Cc1cc(-c2ccccc2)cc(C)c1-n1c(-c2[c-]cc(F)c3c2oc2ccccc23)nc2cc3c(cc21)c(C)c(C)c1ccccc13.[2H]C([2H])([2H])c1c[c-]c(-c2cc(C([2H])(C)C(C)c3ccccc3)[c]([Ge]([CH3])([CH3])[CH3])cn2)cc1.[Ir]. The van der Waals surface area contributed by atoms with Gasteiger partial charge in [0, 0.05) is 37.0 Å². The van der Waals surface area contributed by atoms with Gasteiger partial charge in [0.25, 0.3) is 0 Å². The van der Waals surface area contributed by atoms with Crippen molar-refractivity contribution in [2.24, 2.45) is 0 Å². The van der Waals surface area contributed by atoms with Gasteiger partial charge in [0.05, 0.1) is 22.4 Å². The molecule has 0 N–H and O–H groups in total. The largest absolute Gasteiger partial charge is 0 e. The average molecular weight is 1220 g/mol. The normalized spacial score (nSPS) is 13.9. The molecule has 7 heteroatoms. The van der Waals surface area contributed by atoms with Gasteiger partial charge in [0.15, 0.2) is 0 Å². The Morgan fingerprint density at radius 1 is 0.680 bits per heavy atom. The Kier molecular flexibility index (Phi) is 12.8. The Balaban J connectivity index is 0.000000192. The Bertz CT molecular complexity index is 4260. The third-order valence-corrected chi connectivity index (χ3v) is 19.2. The number of aromatic nitrogens is 3. The van der Waals surface area contributed by atoms with E-state index in [0.29, 0.717) is 27.9 Å². The van der Waals surface area contributed by atoms with Gasteiger partial charge in [-0.2, -0.15) is 0 Å². The van der Waals surface area contributed by atoms with Crippen molar-refractivity contribution in [1.29, 1.82) is 0 Å². The van der Waals surface area contributed by atoms with Crippen molar-refractivity contribution >= 4 is 72.2 Å². The summed E-state index contributed by atoms with van der Waals surface area (Å²) in [5, 5.41) is 5.99. The van der Waals surface area contributed by atoms with Crippen LogP contribution in [0, 0.1) is 52.5 Å². The monoisotopic (exact) mass is 1220 g/mol. The molecule has 12 aromatic rings. The van der Waals surface area contributed by atoms with E-state index in [1.54, 1.807) is 12.1 Å². The van der Waals surface area contributed by atoms with E-state index in [9.17, 15) is 1.37 Å². The number of imidazole rings is 1. The Labute approximate surface area is 462 Å². The second-order valence-electron chi connectivity index (χ2n) is 20.8. The summed E-state index contributed by atoms with van der Waals surface area (Å²) in [6.45, 7) is 10.7. The van der Waals surface area contributed by atoms with Crippen LogP contribution in [0.1, 0.15) is 70.1 Å². The van der Waals surface area contributed by atoms with E-state index in [4.69, 9.17) is 18.5 Å². The zero-order chi connectivity index (χ0) is 55.0. The molecule has 12 rings (SSSR count). The minimum absolute atomic E-state index is 0. The molecule has 2 unspecified atom stereocenters. The van der Waals surface area contributed by atoms with Crippen molar-refractivity contribution in [3.8, 4) is 39.5 Å². The van der Waals surface area contributed by atoms with Gasteiger partial charge >= 0.3 is 173 Å². The minimum atomic E-state index is -2.31. The third-order valence-electron chi connectivity index (χ3n) is 15.0.